The normalized spacial score (nSPS) is 25.1. The zero-order valence-electron chi connectivity index (χ0n) is 11.9. The molecule has 0 amide bonds. The standard InChI is InChI=1S/C15H19N3O2/c1-10-3-4-11-7-18(8-12(11)5-10)14-6-13(15(19)20-2)16-9-17-14/h3,6,9,11-12H,4-5,7-8H2,1-2H3/t11-,12+/m1/s1. The van der Waals surface area contributed by atoms with Gasteiger partial charge in [0, 0.05) is 19.2 Å². The fourth-order valence-electron chi connectivity index (χ4n) is 3.21. The third-order valence-electron chi connectivity index (χ3n) is 4.30. The largest absolute Gasteiger partial charge is 0.464 e. The van der Waals surface area contributed by atoms with Crippen molar-refractivity contribution in [2.45, 2.75) is 19.8 Å². The molecule has 0 N–H and O–H groups in total. The van der Waals surface area contributed by atoms with E-state index in [-0.39, 0.29) is 0 Å². The molecule has 1 aromatic heterocycles. The van der Waals surface area contributed by atoms with Crippen LogP contribution in [0.25, 0.3) is 0 Å². The Morgan fingerprint density at radius 1 is 1.35 bits per heavy atom. The van der Waals surface area contributed by atoms with Crippen molar-refractivity contribution in [3.05, 3.63) is 29.7 Å². The average molecular weight is 273 g/mol. The van der Waals surface area contributed by atoms with Crippen LogP contribution in [0.3, 0.4) is 0 Å². The Hall–Kier alpha value is -1.91. The number of esters is 1. The highest BCUT2D eigenvalue weighted by Gasteiger charge is 2.34. The van der Waals surface area contributed by atoms with Crippen LogP contribution in [-0.2, 0) is 4.74 Å². The highest BCUT2D eigenvalue weighted by atomic mass is 16.5. The second-order valence-corrected chi connectivity index (χ2v) is 5.67. The minimum Gasteiger partial charge on any atom is -0.464 e. The molecule has 1 aliphatic carbocycles. The zero-order chi connectivity index (χ0) is 14.1. The molecule has 2 aliphatic rings. The van der Waals surface area contributed by atoms with Crippen molar-refractivity contribution in [1.29, 1.82) is 0 Å². The molecule has 5 heteroatoms. The summed E-state index contributed by atoms with van der Waals surface area (Å²) < 4.78 is 4.71. The molecule has 0 spiro atoms. The topological polar surface area (TPSA) is 55.3 Å². The van der Waals surface area contributed by atoms with E-state index < -0.39 is 5.97 Å². The van der Waals surface area contributed by atoms with Gasteiger partial charge in [-0.05, 0) is 31.6 Å². The molecule has 0 radical (unpaired) electrons. The van der Waals surface area contributed by atoms with Crippen LogP contribution in [0, 0.1) is 11.8 Å². The molecule has 0 saturated carbocycles. The number of nitrogens with zero attached hydrogens (tertiary/aromatic N) is 3. The van der Waals surface area contributed by atoms with Crippen molar-refractivity contribution >= 4 is 11.8 Å². The summed E-state index contributed by atoms with van der Waals surface area (Å²) in [5.74, 6) is 1.82. The fraction of sp³-hybridized carbons (Fsp3) is 0.533. The Balaban J connectivity index is 1.77. The molecular formula is C15H19N3O2. The number of carbonyl (C=O) groups is 1. The molecule has 1 saturated heterocycles. The third kappa shape index (κ3) is 2.40. The summed E-state index contributed by atoms with van der Waals surface area (Å²) in [6, 6.07) is 1.73. The first-order valence-corrected chi connectivity index (χ1v) is 6.98. The second kappa shape index (κ2) is 5.23. The molecule has 1 fully saturated rings. The number of rotatable bonds is 2. The van der Waals surface area contributed by atoms with Gasteiger partial charge in [0.25, 0.3) is 0 Å². The van der Waals surface area contributed by atoms with Crippen LogP contribution in [0.5, 0.6) is 0 Å². The monoisotopic (exact) mass is 273 g/mol. The van der Waals surface area contributed by atoms with Crippen molar-refractivity contribution in [3.8, 4) is 0 Å². The first-order valence-electron chi connectivity index (χ1n) is 6.98. The van der Waals surface area contributed by atoms with Gasteiger partial charge in [0.2, 0.25) is 0 Å². The Morgan fingerprint density at radius 2 is 2.15 bits per heavy atom. The molecule has 3 rings (SSSR count). The van der Waals surface area contributed by atoms with Crippen LogP contribution in [0.2, 0.25) is 0 Å². The quantitative estimate of drug-likeness (QED) is 0.610. The Morgan fingerprint density at radius 3 is 2.95 bits per heavy atom. The molecule has 1 aliphatic heterocycles. The number of hydrogen-bond donors (Lipinski definition) is 0. The molecule has 2 atom stereocenters. The molecule has 20 heavy (non-hydrogen) atoms. The van der Waals surface area contributed by atoms with E-state index in [0.717, 1.165) is 25.3 Å². The van der Waals surface area contributed by atoms with E-state index in [9.17, 15) is 4.79 Å². The number of aromatic nitrogens is 2. The van der Waals surface area contributed by atoms with E-state index in [0.29, 0.717) is 17.5 Å². The van der Waals surface area contributed by atoms with Gasteiger partial charge in [-0.1, -0.05) is 11.6 Å². The summed E-state index contributed by atoms with van der Waals surface area (Å²) in [4.78, 5) is 22.1. The average Bonchev–Trinajstić information content (AvgIpc) is 2.89. The molecular weight excluding hydrogens is 254 g/mol. The van der Waals surface area contributed by atoms with Gasteiger partial charge in [-0.25, -0.2) is 14.8 Å². The highest BCUT2D eigenvalue weighted by Crippen LogP contribution is 2.37. The first-order chi connectivity index (χ1) is 9.67. The van der Waals surface area contributed by atoms with Crippen LogP contribution >= 0.6 is 0 Å². The lowest BCUT2D eigenvalue weighted by Crippen LogP contribution is -2.22. The summed E-state index contributed by atoms with van der Waals surface area (Å²) in [6.45, 7) is 4.22. The molecule has 1 aromatic rings. The van der Waals surface area contributed by atoms with Gasteiger partial charge in [0.05, 0.1) is 7.11 Å². The minimum atomic E-state index is -0.414. The number of methoxy groups -OCH3 is 1. The lowest BCUT2D eigenvalue weighted by atomic mass is 9.83. The highest BCUT2D eigenvalue weighted by molar-refractivity contribution is 5.87. The number of carbonyl (C=O) groups excluding carboxylic acids is 1. The lowest BCUT2D eigenvalue weighted by Gasteiger charge is -2.21. The van der Waals surface area contributed by atoms with E-state index in [1.165, 1.54) is 25.4 Å². The molecule has 0 bridgehead atoms. The van der Waals surface area contributed by atoms with Gasteiger partial charge < -0.3 is 9.64 Å². The summed E-state index contributed by atoms with van der Waals surface area (Å²) in [5.41, 5.74) is 1.81. The third-order valence-corrected chi connectivity index (χ3v) is 4.30. The summed E-state index contributed by atoms with van der Waals surface area (Å²) >= 11 is 0. The molecule has 2 heterocycles. The van der Waals surface area contributed by atoms with Crippen molar-refractivity contribution < 1.29 is 9.53 Å². The number of hydrogen-bond acceptors (Lipinski definition) is 5. The van der Waals surface area contributed by atoms with Crippen molar-refractivity contribution in [3.63, 3.8) is 0 Å². The van der Waals surface area contributed by atoms with Crippen LogP contribution < -0.4 is 4.90 Å². The Labute approximate surface area is 118 Å². The summed E-state index contributed by atoms with van der Waals surface area (Å²) in [7, 11) is 1.36. The van der Waals surface area contributed by atoms with Crippen molar-refractivity contribution in [2.75, 3.05) is 25.1 Å². The second-order valence-electron chi connectivity index (χ2n) is 5.67. The van der Waals surface area contributed by atoms with E-state index in [1.54, 1.807) is 6.07 Å². The molecule has 5 nitrogen and oxygen atoms in total. The van der Waals surface area contributed by atoms with Gasteiger partial charge in [0.1, 0.15) is 12.1 Å². The number of ether oxygens (including phenoxy) is 1. The maximum Gasteiger partial charge on any atom is 0.356 e. The summed E-state index contributed by atoms with van der Waals surface area (Å²) in [6.07, 6.45) is 6.12. The molecule has 0 unspecified atom stereocenters. The van der Waals surface area contributed by atoms with Crippen molar-refractivity contribution in [1.82, 2.24) is 9.97 Å². The van der Waals surface area contributed by atoms with Crippen molar-refractivity contribution in [2.24, 2.45) is 11.8 Å². The van der Waals surface area contributed by atoms with Gasteiger partial charge in [-0.15, -0.1) is 0 Å². The number of anilines is 1. The Kier molecular flexibility index (Phi) is 3.42. The fourth-order valence-corrected chi connectivity index (χ4v) is 3.21. The number of fused-ring (bicyclic) bond motifs is 1. The van der Waals surface area contributed by atoms with E-state index in [1.807, 2.05) is 0 Å². The van der Waals surface area contributed by atoms with Crippen LogP contribution in [0.4, 0.5) is 5.82 Å². The minimum absolute atomic E-state index is 0.321. The van der Waals surface area contributed by atoms with Gasteiger partial charge in [0.15, 0.2) is 5.69 Å². The predicted molar refractivity (Wildman–Crippen MR) is 75.6 cm³/mol. The van der Waals surface area contributed by atoms with Crippen LogP contribution in [-0.4, -0.2) is 36.1 Å². The number of allylic oxidation sites excluding steroid dienone is 2. The van der Waals surface area contributed by atoms with Gasteiger partial charge in [-0.3, -0.25) is 0 Å². The maximum atomic E-state index is 11.5. The maximum absolute atomic E-state index is 11.5. The molecule has 0 aromatic carbocycles. The zero-order valence-corrected chi connectivity index (χ0v) is 11.9. The van der Waals surface area contributed by atoms with Crippen LogP contribution in [0.15, 0.2) is 24.0 Å². The SMILES string of the molecule is COC(=O)c1cc(N2C[C@H]3CC=C(C)C[C@H]3C2)ncn1. The molecule has 106 valence electrons. The van der Waals surface area contributed by atoms with Gasteiger partial charge in [-0.2, -0.15) is 0 Å². The van der Waals surface area contributed by atoms with E-state index in [2.05, 4.69) is 27.9 Å². The van der Waals surface area contributed by atoms with E-state index in [4.69, 9.17) is 4.74 Å². The smallest absolute Gasteiger partial charge is 0.356 e. The lowest BCUT2D eigenvalue weighted by molar-refractivity contribution is 0.0594. The van der Waals surface area contributed by atoms with Gasteiger partial charge >= 0.3 is 5.97 Å². The summed E-state index contributed by atoms with van der Waals surface area (Å²) in [5, 5.41) is 0. The van der Waals surface area contributed by atoms with Crippen LogP contribution in [0.1, 0.15) is 30.3 Å². The van der Waals surface area contributed by atoms with E-state index >= 15 is 0 Å². The Bertz CT molecular complexity index is 556. The first kappa shape index (κ1) is 13.1. The predicted octanol–water partition coefficient (Wildman–Crippen LogP) is 2.06.